The van der Waals surface area contributed by atoms with Gasteiger partial charge < -0.3 is 0 Å². The maximum Gasteiger partial charge on any atom is 0.0670 e. The average molecular weight is 224 g/mol. The molecule has 0 heterocycles. The standard InChI is InChI=1S/C10H10BrN/c1-7-3-4-9(5-6-12)10(11)8(7)2/h3-4H,5H2,1-2H3. The Morgan fingerprint density at radius 2 is 2.08 bits per heavy atom. The van der Waals surface area contributed by atoms with Gasteiger partial charge in [0.25, 0.3) is 0 Å². The second kappa shape index (κ2) is 3.73. The van der Waals surface area contributed by atoms with E-state index in [2.05, 4.69) is 35.8 Å². The van der Waals surface area contributed by atoms with E-state index in [1.807, 2.05) is 12.1 Å². The molecular formula is C10H10BrN. The van der Waals surface area contributed by atoms with Crippen molar-refractivity contribution in [1.82, 2.24) is 0 Å². The van der Waals surface area contributed by atoms with Crippen LogP contribution in [0.25, 0.3) is 0 Å². The summed E-state index contributed by atoms with van der Waals surface area (Å²) >= 11 is 3.48. The van der Waals surface area contributed by atoms with E-state index in [0.717, 1.165) is 10.0 Å². The molecule has 0 aliphatic rings. The third-order valence-corrected chi connectivity index (χ3v) is 3.11. The lowest BCUT2D eigenvalue weighted by atomic mass is 10.0. The molecule has 0 unspecified atom stereocenters. The van der Waals surface area contributed by atoms with Crippen molar-refractivity contribution in [1.29, 1.82) is 5.26 Å². The summed E-state index contributed by atoms with van der Waals surface area (Å²) in [6.07, 6.45) is 0.474. The molecule has 0 aromatic heterocycles. The fraction of sp³-hybridized carbons (Fsp3) is 0.300. The largest absolute Gasteiger partial charge is 0.198 e. The Balaban J connectivity index is 3.19. The molecule has 1 aromatic rings. The topological polar surface area (TPSA) is 23.8 Å². The van der Waals surface area contributed by atoms with Crippen molar-refractivity contribution in [2.75, 3.05) is 0 Å². The third kappa shape index (κ3) is 1.67. The fourth-order valence-electron chi connectivity index (χ4n) is 1.06. The van der Waals surface area contributed by atoms with Gasteiger partial charge in [0.2, 0.25) is 0 Å². The normalized spacial score (nSPS) is 9.50. The molecule has 0 fully saturated rings. The second-order valence-corrected chi connectivity index (χ2v) is 3.61. The summed E-state index contributed by atoms with van der Waals surface area (Å²) in [5.41, 5.74) is 3.55. The SMILES string of the molecule is Cc1ccc(CC#N)c(Br)c1C. The molecule has 2 heteroatoms. The molecule has 0 amide bonds. The molecule has 0 N–H and O–H groups in total. The first-order chi connectivity index (χ1) is 5.66. The summed E-state index contributed by atoms with van der Waals surface area (Å²) < 4.78 is 1.07. The highest BCUT2D eigenvalue weighted by Crippen LogP contribution is 2.24. The molecule has 62 valence electrons. The molecule has 0 saturated carbocycles. The van der Waals surface area contributed by atoms with Crippen LogP contribution in [0, 0.1) is 25.2 Å². The van der Waals surface area contributed by atoms with Crippen molar-refractivity contribution in [3.63, 3.8) is 0 Å². The number of nitrogens with zero attached hydrogens (tertiary/aromatic N) is 1. The maximum absolute atomic E-state index is 8.53. The van der Waals surface area contributed by atoms with E-state index in [1.54, 1.807) is 0 Å². The van der Waals surface area contributed by atoms with Crippen LogP contribution in [0.5, 0.6) is 0 Å². The first kappa shape index (κ1) is 9.28. The minimum atomic E-state index is 0.474. The number of benzene rings is 1. The average Bonchev–Trinajstić information content (AvgIpc) is 2.07. The van der Waals surface area contributed by atoms with E-state index in [0.29, 0.717) is 6.42 Å². The highest BCUT2D eigenvalue weighted by Gasteiger charge is 2.03. The molecule has 0 bridgehead atoms. The summed E-state index contributed by atoms with van der Waals surface area (Å²) in [6, 6.07) is 6.19. The van der Waals surface area contributed by atoms with E-state index in [1.165, 1.54) is 11.1 Å². The molecule has 0 radical (unpaired) electrons. The van der Waals surface area contributed by atoms with Gasteiger partial charge >= 0.3 is 0 Å². The molecule has 12 heavy (non-hydrogen) atoms. The number of nitriles is 1. The summed E-state index contributed by atoms with van der Waals surface area (Å²) in [7, 11) is 0. The zero-order valence-electron chi connectivity index (χ0n) is 7.19. The number of hydrogen-bond acceptors (Lipinski definition) is 1. The van der Waals surface area contributed by atoms with Crippen LogP contribution in [0.3, 0.4) is 0 Å². The Hall–Kier alpha value is -0.810. The zero-order valence-corrected chi connectivity index (χ0v) is 8.77. The number of aryl methyl sites for hydroxylation is 1. The predicted octanol–water partition coefficient (Wildman–Crippen LogP) is 3.13. The summed E-state index contributed by atoms with van der Waals surface area (Å²) in [6.45, 7) is 4.12. The lowest BCUT2D eigenvalue weighted by Crippen LogP contribution is -1.89. The molecule has 0 atom stereocenters. The van der Waals surface area contributed by atoms with Gasteiger partial charge in [0.1, 0.15) is 0 Å². The molecule has 0 aliphatic heterocycles. The van der Waals surface area contributed by atoms with Gasteiger partial charge in [-0.1, -0.05) is 28.1 Å². The highest BCUT2D eigenvalue weighted by molar-refractivity contribution is 9.10. The molecule has 1 aromatic carbocycles. The van der Waals surface area contributed by atoms with Crippen molar-refractivity contribution in [3.8, 4) is 6.07 Å². The van der Waals surface area contributed by atoms with Gasteiger partial charge in [-0.15, -0.1) is 0 Å². The zero-order chi connectivity index (χ0) is 9.14. The fourth-order valence-corrected chi connectivity index (χ4v) is 1.64. The van der Waals surface area contributed by atoms with Crippen molar-refractivity contribution in [3.05, 3.63) is 33.3 Å². The smallest absolute Gasteiger partial charge is 0.0670 e. The Morgan fingerprint density at radius 1 is 1.42 bits per heavy atom. The van der Waals surface area contributed by atoms with E-state index in [4.69, 9.17) is 5.26 Å². The van der Waals surface area contributed by atoms with Gasteiger partial charge in [0, 0.05) is 4.47 Å². The van der Waals surface area contributed by atoms with Gasteiger partial charge in [-0.25, -0.2) is 0 Å². The van der Waals surface area contributed by atoms with E-state index >= 15 is 0 Å². The van der Waals surface area contributed by atoms with Gasteiger partial charge in [-0.2, -0.15) is 5.26 Å². The first-order valence-electron chi connectivity index (χ1n) is 3.78. The maximum atomic E-state index is 8.53. The van der Waals surface area contributed by atoms with Crippen LogP contribution in [0.2, 0.25) is 0 Å². The van der Waals surface area contributed by atoms with Crippen LogP contribution in [0.15, 0.2) is 16.6 Å². The van der Waals surface area contributed by atoms with Crippen LogP contribution < -0.4 is 0 Å². The first-order valence-corrected chi connectivity index (χ1v) is 4.57. The minimum absolute atomic E-state index is 0.474. The van der Waals surface area contributed by atoms with Crippen molar-refractivity contribution < 1.29 is 0 Å². The second-order valence-electron chi connectivity index (χ2n) is 2.82. The van der Waals surface area contributed by atoms with Crippen LogP contribution in [-0.4, -0.2) is 0 Å². The Labute approximate surface area is 81.2 Å². The van der Waals surface area contributed by atoms with Crippen LogP contribution in [-0.2, 0) is 6.42 Å². The number of rotatable bonds is 1. The van der Waals surface area contributed by atoms with Crippen LogP contribution in [0.1, 0.15) is 16.7 Å². The predicted molar refractivity (Wildman–Crippen MR) is 52.9 cm³/mol. The molecule has 1 rings (SSSR count). The van der Waals surface area contributed by atoms with Gasteiger partial charge in [-0.05, 0) is 30.5 Å². The van der Waals surface area contributed by atoms with Gasteiger partial charge in [0.15, 0.2) is 0 Å². The van der Waals surface area contributed by atoms with Crippen molar-refractivity contribution >= 4 is 15.9 Å². The molecular weight excluding hydrogens is 214 g/mol. The quantitative estimate of drug-likeness (QED) is 0.718. The summed E-state index contributed by atoms with van der Waals surface area (Å²) in [5, 5.41) is 8.53. The monoisotopic (exact) mass is 223 g/mol. The Morgan fingerprint density at radius 3 is 2.67 bits per heavy atom. The number of halogens is 1. The third-order valence-electron chi connectivity index (χ3n) is 2.01. The van der Waals surface area contributed by atoms with Crippen molar-refractivity contribution in [2.45, 2.75) is 20.3 Å². The van der Waals surface area contributed by atoms with Crippen LogP contribution >= 0.6 is 15.9 Å². The Bertz CT molecular complexity index is 336. The Kier molecular flexibility index (Phi) is 2.88. The van der Waals surface area contributed by atoms with Gasteiger partial charge in [-0.3, -0.25) is 0 Å². The lowest BCUT2D eigenvalue weighted by Gasteiger charge is -2.06. The molecule has 0 saturated heterocycles. The van der Waals surface area contributed by atoms with Crippen molar-refractivity contribution in [2.24, 2.45) is 0 Å². The molecule has 1 nitrogen and oxygen atoms in total. The minimum Gasteiger partial charge on any atom is -0.198 e. The van der Waals surface area contributed by atoms with E-state index in [9.17, 15) is 0 Å². The lowest BCUT2D eigenvalue weighted by molar-refractivity contribution is 1.19. The van der Waals surface area contributed by atoms with Crippen LogP contribution in [0.4, 0.5) is 0 Å². The molecule has 0 spiro atoms. The highest BCUT2D eigenvalue weighted by atomic mass is 79.9. The number of hydrogen-bond donors (Lipinski definition) is 0. The summed E-state index contributed by atoms with van der Waals surface area (Å²) in [4.78, 5) is 0. The molecule has 0 aliphatic carbocycles. The summed E-state index contributed by atoms with van der Waals surface area (Å²) in [5.74, 6) is 0. The van der Waals surface area contributed by atoms with E-state index in [-0.39, 0.29) is 0 Å². The van der Waals surface area contributed by atoms with Gasteiger partial charge in [0.05, 0.1) is 12.5 Å². The van der Waals surface area contributed by atoms with E-state index < -0.39 is 0 Å².